The largest absolute Gasteiger partial charge is 0.389 e. The zero-order valence-electron chi connectivity index (χ0n) is 10.4. The topological polar surface area (TPSA) is 38.5 Å². The Balaban J connectivity index is 2.18. The molecule has 0 aliphatic carbocycles. The van der Waals surface area contributed by atoms with Gasteiger partial charge in [-0.25, -0.2) is 0 Å². The summed E-state index contributed by atoms with van der Waals surface area (Å²) in [5, 5.41) is 0. The lowest BCUT2D eigenvalue weighted by Gasteiger charge is -2.33. The molecule has 0 spiro atoms. The van der Waals surface area contributed by atoms with Crippen molar-refractivity contribution in [3.05, 3.63) is 28.2 Å². The molecule has 0 saturated carbocycles. The molecular formula is C13H17BrN2OS. The molecule has 2 rings (SSSR count). The molecule has 0 bridgehead atoms. The molecule has 5 heteroatoms. The van der Waals surface area contributed by atoms with Crippen LogP contribution >= 0.6 is 28.1 Å². The number of hydrogen-bond acceptors (Lipinski definition) is 3. The first kappa shape index (κ1) is 13.8. The Labute approximate surface area is 121 Å². The molecule has 1 saturated heterocycles. The first-order valence-electron chi connectivity index (χ1n) is 5.99. The highest BCUT2D eigenvalue weighted by Crippen LogP contribution is 2.26. The van der Waals surface area contributed by atoms with Crippen molar-refractivity contribution in [3.8, 4) is 0 Å². The number of benzene rings is 1. The maximum atomic E-state index is 5.65. The van der Waals surface area contributed by atoms with E-state index in [2.05, 4.69) is 33.0 Å². The lowest BCUT2D eigenvalue weighted by atomic mass is 10.1. The molecule has 1 aliphatic rings. The number of methoxy groups -OCH3 is 1. The van der Waals surface area contributed by atoms with Gasteiger partial charge in [-0.3, -0.25) is 0 Å². The molecule has 1 aromatic carbocycles. The minimum Gasteiger partial charge on any atom is -0.389 e. The number of rotatable bonds is 3. The summed E-state index contributed by atoms with van der Waals surface area (Å²) in [5.74, 6) is 0. The molecule has 1 aromatic rings. The number of halogens is 1. The van der Waals surface area contributed by atoms with E-state index in [0.29, 0.717) is 11.1 Å². The average molecular weight is 329 g/mol. The van der Waals surface area contributed by atoms with Gasteiger partial charge in [0.2, 0.25) is 0 Å². The van der Waals surface area contributed by atoms with Gasteiger partial charge in [0.15, 0.2) is 0 Å². The molecule has 1 atom stereocenters. The summed E-state index contributed by atoms with van der Waals surface area (Å²) in [7, 11) is 1.78. The first-order valence-corrected chi connectivity index (χ1v) is 7.19. The molecule has 1 fully saturated rings. The number of hydrogen-bond donors (Lipinski definition) is 1. The van der Waals surface area contributed by atoms with Crippen LogP contribution in [0.3, 0.4) is 0 Å². The molecule has 98 valence electrons. The van der Waals surface area contributed by atoms with Gasteiger partial charge in [0.05, 0.1) is 6.10 Å². The van der Waals surface area contributed by atoms with Crippen molar-refractivity contribution in [2.45, 2.75) is 18.9 Å². The van der Waals surface area contributed by atoms with Crippen molar-refractivity contribution in [3.63, 3.8) is 0 Å². The van der Waals surface area contributed by atoms with Gasteiger partial charge in [-0.15, -0.1) is 0 Å². The van der Waals surface area contributed by atoms with Crippen LogP contribution in [0.4, 0.5) is 5.69 Å². The Hall–Kier alpha value is -0.650. The molecule has 3 nitrogen and oxygen atoms in total. The molecule has 1 aliphatic heterocycles. The van der Waals surface area contributed by atoms with E-state index in [0.717, 1.165) is 36.0 Å². The van der Waals surface area contributed by atoms with Crippen LogP contribution in [0.2, 0.25) is 0 Å². The molecule has 2 N–H and O–H groups in total. The lowest BCUT2D eigenvalue weighted by Crippen LogP contribution is -2.39. The minimum absolute atomic E-state index is 0.327. The summed E-state index contributed by atoms with van der Waals surface area (Å²) in [6.07, 6.45) is 2.62. The number of nitrogens with zero attached hydrogens (tertiary/aromatic N) is 1. The second-order valence-electron chi connectivity index (χ2n) is 4.47. The Kier molecular flexibility index (Phi) is 4.59. The monoisotopic (exact) mass is 328 g/mol. The molecule has 0 amide bonds. The summed E-state index contributed by atoms with van der Waals surface area (Å²) < 4.78 is 6.39. The summed E-state index contributed by atoms with van der Waals surface area (Å²) >= 11 is 8.52. The Morgan fingerprint density at radius 3 is 2.94 bits per heavy atom. The van der Waals surface area contributed by atoms with Crippen LogP contribution in [-0.4, -0.2) is 31.3 Å². The van der Waals surface area contributed by atoms with E-state index in [1.165, 1.54) is 5.69 Å². The highest BCUT2D eigenvalue weighted by molar-refractivity contribution is 9.10. The maximum absolute atomic E-state index is 5.65. The standard InChI is InChI=1S/C13H17BrN2OS/c1-17-10-3-2-6-16(8-10)9-4-5-11(13(15)18)12(14)7-9/h4-5,7,10H,2-3,6,8H2,1H3,(H2,15,18). The molecule has 1 heterocycles. The van der Waals surface area contributed by atoms with E-state index in [-0.39, 0.29) is 0 Å². The van der Waals surface area contributed by atoms with Gasteiger partial charge in [0.1, 0.15) is 4.99 Å². The summed E-state index contributed by atoms with van der Waals surface area (Å²) in [6.45, 7) is 2.01. The van der Waals surface area contributed by atoms with Crippen molar-refractivity contribution in [2.75, 3.05) is 25.1 Å². The number of piperidine rings is 1. The van der Waals surface area contributed by atoms with Gasteiger partial charge in [-0.1, -0.05) is 12.2 Å². The number of anilines is 1. The first-order chi connectivity index (χ1) is 8.61. The highest BCUT2D eigenvalue weighted by atomic mass is 79.9. The SMILES string of the molecule is COC1CCCN(c2ccc(C(N)=S)c(Br)c2)C1. The van der Waals surface area contributed by atoms with Gasteiger partial charge in [0.25, 0.3) is 0 Å². The molecule has 1 unspecified atom stereocenters. The van der Waals surface area contributed by atoms with Crippen LogP contribution < -0.4 is 10.6 Å². The van der Waals surface area contributed by atoms with Crippen molar-refractivity contribution in [2.24, 2.45) is 5.73 Å². The quantitative estimate of drug-likeness (QED) is 0.866. The Morgan fingerprint density at radius 2 is 2.33 bits per heavy atom. The van der Waals surface area contributed by atoms with Crippen molar-refractivity contribution >= 4 is 38.8 Å². The third-order valence-corrected chi connectivity index (χ3v) is 4.17. The summed E-state index contributed by atoms with van der Waals surface area (Å²) in [6, 6.07) is 6.11. The Morgan fingerprint density at radius 1 is 1.56 bits per heavy atom. The second kappa shape index (κ2) is 5.99. The predicted molar refractivity (Wildman–Crippen MR) is 82.3 cm³/mol. The van der Waals surface area contributed by atoms with Crippen LogP contribution in [0, 0.1) is 0 Å². The average Bonchev–Trinajstić information content (AvgIpc) is 2.38. The number of nitrogens with two attached hydrogens (primary N) is 1. The zero-order chi connectivity index (χ0) is 13.1. The van der Waals surface area contributed by atoms with Crippen LogP contribution in [0.1, 0.15) is 18.4 Å². The summed E-state index contributed by atoms with van der Waals surface area (Å²) in [5.41, 5.74) is 7.72. The smallest absolute Gasteiger partial charge is 0.105 e. The van der Waals surface area contributed by atoms with Crippen molar-refractivity contribution in [1.82, 2.24) is 0 Å². The third-order valence-electron chi connectivity index (χ3n) is 3.29. The highest BCUT2D eigenvalue weighted by Gasteiger charge is 2.20. The van der Waals surface area contributed by atoms with Crippen LogP contribution in [0.5, 0.6) is 0 Å². The number of thiocarbonyl (C=S) groups is 1. The van der Waals surface area contributed by atoms with Crippen molar-refractivity contribution < 1.29 is 4.74 Å². The normalized spacial score (nSPS) is 19.9. The molecule has 0 aromatic heterocycles. The van der Waals surface area contributed by atoms with E-state index in [1.54, 1.807) is 7.11 Å². The fourth-order valence-corrected chi connectivity index (χ4v) is 3.16. The fraction of sp³-hybridized carbons (Fsp3) is 0.462. The lowest BCUT2D eigenvalue weighted by molar-refractivity contribution is 0.0893. The second-order valence-corrected chi connectivity index (χ2v) is 5.77. The van der Waals surface area contributed by atoms with Crippen LogP contribution in [0.15, 0.2) is 22.7 Å². The van der Waals surface area contributed by atoms with E-state index >= 15 is 0 Å². The van der Waals surface area contributed by atoms with Gasteiger partial charge >= 0.3 is 0 Å². The van der Waals surface area contributed by atoms with E-state index in [1.807, 2.05) is 6.07 Å². The minimum atomic E-state index is 0.327. The number of ether oxygens (including phenoxy) is 1. The maximum Gasteiger partial charge on any atom is 0.105 e. The van der Waals surface area contributed by atoms with Gasteiger partial charge in [-0.2, -0.15) is 0 Å². The van der Waals surface area contributed by atoms with Crippen LogP contribution in [0.25, 0.3) is 0 Å². The van der Waals surface area contributed by atoms with E-state index < -0.39 is 0 Å². The van der Waals surface area contributed by atoms with Crippen molar-refractivity contribution in [1.29, 1.82) is 0 Å². The summed E-state index contributed by atoms with van der Waals surface area (Å²) in [4.78, 5) is 2.76. The molecule has 18 heavy (non-hydrogen) atoms. The zero-order valence-corrected chi connectivity index (χ0v) is 12.8. The van der Waals surface area contributed by atoms with Crippen LogP contribution in [-0.2, 0) is 4.74 Å². The van der Waals surface area contributed by atoms with Gasteiger partial charge in [0, 0.05) is 35.9 Å². The van der Waals surface area contributed by atoms with E-state index in [9.17, 15) is 0 Å². The van der Waals surface area contributed by atoms with Gasteiger partial charge < -0.3 is 15.4 Å². The molecule has 0 radical (unpaired) electrons. The third kappa shape index (κ3) is 3.02. The van der Waals surface area contributed by atoms with Gasteiger partial charge in [-0.05, 0) is 47.0 Å². The Bertz CT molecular complexity index is 453. The predicted octanol–water partition coefficient (Wildman–Crippen LogP) is 2.70. The van der Waals surface area contributed by atoms with E-state index in [4.69, 9.17) is 22.7 Å². The molecular weight excluding hydrogens is 312 g/mol. The fourth-order valence-electron chi connectivity index (χ4n) is 2.27.